The highest BCUT2D eigenvalue weighted by atomic mass is 32.2. The second-order valence-corrected chi connectivity index (χ2v) is 13.2. The first-order valence-electron chi connectivity index (χ1n) is 12.4. The number of nitrogens with zero attached hydrogens (tertiary/aromatic N) is 1. The van der Waals surface area contributed by atoms with Crippen LogP contribution in [0.1, 0.15) is 37.0 Å². The van der Waals surface area contributed by atoms with Crippen LogP contribution in [0.25, 0.3) is 0 Å². The molecule has 2 atom stereocenters. The van der Waals surface area contributed by atoms with Gasteiger partial charge in [0.2, 0.25) is 0 Å². The number of rotatable bonds is 5. The molecule has 1 aliphatic carbocycles. The van der Waals surface area contributed by atoms with Crippen molar-refractivity contribution in [1.82, 2.24) is 10.2 Å². The molecular formula is C26H26F8N2O4S. The van der Waals surface area contributed by atoms with Gasteiger partial charge in [-0.05, 0) is 62.1 Å². The number of urea groups is 1. The molecule has 15 heteroatoms. The van der Waals surface area contributed by atoms with Crippen molar-refractivity contribution < 1.29 is 53.4 Å². The van der Waals surface area contributed by atoms with Crippen molar-refractivity contribution in [2.75, 3.05) is 19.6 Å². The van der Waals surface area contributed by atoms with E-state index in [1.54, 1.807) is 0 Å². The molecule has 2 aromatic carbocycles. The molecule has 1 heterocycles. The van der Waals surface area contributed by atoms with Crippen LogP contribution in [0.3, 0.4) is 0 Å². The number of fused-ring (bicyclic) bond motifs is 3. The van der Waals surface area contributed by atoms with Gasteiger partial charge in [0, 0.05) is 31.1 Å². The van der Waals surface area contributed by atoms with Crippen LogP contribution >= 0.6 is 0 Å². The molecule has 1 fully saturated rings. The molecule has 41 heavy (non-hydrogen) atoms. The van der Waals surface area contributed by atoms with Gasteiger partial charge >= 0.3 is 24.1 Å². The third-order valence-electron chi connectivity index (χ3n) is 7.59. The summed E-state index contributed by atoms with van der Waals surface area (Å²) in [7, 11) is -4.58. The number of carbonyl (C=O) groups is 1. The zero-order valence-corrected chi connectivity index (χ0v) is 22.5. The average molecular weight is 615 g/mol. The van der Waals surface area contributed by atoms with Gasteiger partial charge in [0.1, 0.15) is 10.6 Å². The summed E-state index contributed by atoms with van der Waals surface area (Å²) >= 11 is 0. The number of amides is 2. The Hall–Kier alpha value is -2.94. The lowest BCUT2D eigenvalue weighted by Crippen LogP contribution is -2.51. The lowest BCUT2D eigenvalue weighted by Gasteiger charge is -2.40. The normalized spacial score (nSPS) is 21.8. The van der Waals surface area contributed by atoms with E-state index in [0.29, 0.717) is 6.07 Å². The number of nitrogens with one attached hydrogen (secondary N) is 1. The van der Waals surface area contributed by atoms with Crippen molar-refractivity contribution in [3.8, 4) is 0 Å². The van der Waals surface area contributed by atoms with Gasteiger partial charge in [-0.3, -0.25) is 0 Å². The maximum Gasteiger partial charge on any atom is 0.435 e. The molecule has 0 radical (unpaired) electrons. The Bertz CT molecular complexity index is 1420. The molecule has 2 N–H and O–H groups in total. The van der Waals surface area contributed by atoms with E-state index in [4.69, 9.17) is 0 Å². The largest absolute Gasteiger partial charge is 0.435 e. The first-order chi connectivity index (χ1) is 18.6. The summed E-state index contributed by atoms with van der Waals surface area (Å²) in [5.74, 6) is -1.63. The fraction of sp³-hybridized carbons (Fsp3) is 0.500. The smallest absolute Gasteiger partial charge is 0.389 e. The molecular weight excluding hydrogens is 588 g/mol. The van der Waals surface area contributed by atoms with Crippen LogP contribution in [0.4, 0.5) is 39.9 Å². The standard InChI is InChI=1S/C26H26F8N2O4S/c1-22(2,38)13-35-21(37)36-12-17-4-3-15-11-16(24(28,25(29,30)31)26(32,33)34)5-10-20(15)23(17,14-36)41(39,40)19-8-6-18(27)7-9-19/h5-11,17,38H,3-4,12-14H2,1-2H3,(H,35,37). The monoisotopic (exact) mass is 614 g/mol. The number of halogens is 8. The molecule has 2 aromatic rings. The molecule has 2 unspecified atom stereocenters. The van der Waals surface area contributed by atoms with Gasteiger partial charge in [-0.15, -0.1) is 0 Å². The molecule has 2 amide bonds. The van der Waals surface area contributed by atoms with E-state index in [9.17, 15) is 53.4 Å². The summed E-state index contributed by atoms with van der Waals surface area (Å²) < 4.78 is 136. The highest BCUT2D eigenvalue weighted by molar-refractivity contribution is 7.92. The lowest BCUT2D eigenvalue weighted by molar-refractivity contribution is -0.348. The highest BCUT2D eigenvalue weighted by Gasteiger charge is 2.73. The van der Waals surface area contributed by atoms with Crippen LogP contribution in [0, 0.1) is 11.7 Å². The summed E-state index contributed by atoms with van der Waals surface area (Å²) in [5, 5.41) is 12.4. The zero-order chi connectivity index (χ0) is 30.8. The van der Waals surface area contributed by atoms with E-state index >= 15 is 0 Å². The topological polar surface area (TPSA) is 86.7 Å². The van der Waals surface area contributed by atoms with Crippen LogP contribution in [0.2, 0.25) is 0 Å². The number of hydrogen-bond donors (Lipinski definition) is 2. The average Bonchev–Trinajstić information content (AvgIpc) is 3.27. The minimum Gasteiger partial charge on any atom is -0.389 e. The number of likely N-dealkylation sites (tertiary alicyclic amines) is 1. The number of sulfone groups is 1. The number of aryl methyl sites for hydroxylation is 1. The van der Waals surface area contributed by atoms with Gasteiger partial charge in [-0.2, -0.15) is 26.3 Å². The van der Waals surface area contributed by atoms with Crippen LogP contribution in [0.15, 0.2) is 47.4 Å². The summed E-state index contributed by atoms with van der Waals surface area (Å²) in [5.41, 5.74) is -9.21. The van der Waals surface area contributed by atoms with E-state index in [2.05, 4.69) is 5.32 Å². The number of hydrogen-bond acceptors (Lipinski definition) is 4. The Labute approximate surface area is 230 Å². The van der Waals surface area contributed by atoms with Crippen LogP contribution in [-0.2, 0) is 26.7 Å². The second kappa shape index (κ2) is 9.82. The summed E-state index contributed by atoms with van der Waals surface area (Å²) in [4.78, 5) is 13.7. The third-order valence-corrected chi connectivity index (χ3v) is 10.1. The Kier molecular flexibility index (Phi) is 7.42. The first kappa shape index (κ1) is 31.0. The van der Waals surface area contributed by atoms with E-state index in [-0.39, 0.29) is 48.0 Å². The molecule has 1 saturated heterocycles. The minimum absolute atomic E-state index is 0.0799. The van der Waals surface area contributed by atoms with Crippen molar-refractivity contribution in [3.05, 3.63) is 65.0 Å². The maximum absolute atomic E-state index is 14.9. The second-order valence-electron chi connectivity index (χ2n) is 11.0. The fourth-order valence-corrected chi connectivity index (χ4v) is 7.96. The fourth-order valence-electron chi connectivity index (χ4n) is 5.60. The van der Waals surface area contributed by atoms with Gasteiger partial charge in [0.05, 0.1) is 10.5 Å². The highest BCUT2D eigenvalue weighted by Crippen LogP contribution is 2.56. The number of aliphatic hydroxyl groups is 1. The summed E-state index contributed by atoms with van der Waals surface area (Å²) in [6, 6.07) is 4.31. The Balaban J connectivity index is 1.89. The Morgan fingerprint density at radius 3 is 2.15 bits per heavy atom. The van der Waals surface area contributed by atoms with E-state index < -0.39 is 68.1 Å². The van der Waals surface area contributed by atoms with Crippen molar-refractivity contribution in [2.24, 2.45) is 5.92 Å². The molecule has 4 rings (SSSR count). The minimum atomic E-state index is -6.36. The maximum atomic E-state index is 14.9. The van der Waals surface area contributed by atoms with Gasteiger partial charge in [0.25, 0.3) is 0 Å². The molecule has 0 aromatic heterocycles. The lowest BCUT2D eigenvalue weighted by atomic mass is 9.75. The predicted molar refractivity (Wildman–Crippen MR) is 130 cm³/mol. The van der Waals surface area contributed by atoms with Gasteiger partial charge in [0.15, 0.2) is 9.84 Å². The number of benzene rings is 2. The van der Waals surface area contributed by atoms with Gasteiger partial charge < -0.3 is 15.3 Å². The molecule has 0 saturated carbocycles. The SMILES string of the molecule is CC(C)(O)CNC(=O)N1CC2CCc3cc(C(F)(C(F)(F)F)C(F)(F)F)ccc3C2(S(=O)(=O)c2ccc(F)cc2)C1. The molecule has 0 bridgehead atoms. The molecule has 226 valence electrons. The number of alkyl halides is 7. The van der Waals surface area contributed by atoms with Crippen LogP contribution < -0.4 is 5.32 Å². The van der Waals surface area contributed by atoms with Gasteiger partial charge in [-0.1, -0.05) is 18.2 Å². The molecule has 2 aliphatic rings. The van der Waals surface area contributed by atoms with Crippen molar-refractivity contribution in [3.63, 3.8) is 0 Å². The first-order valence-corrected chi connectivity index (χ1v) is 13.8. The summed E-state index contributed by atoms with van der Waals surface area (Å²) in [6.07, 6.45) is -13.0. The van der Waals surface area contributed by atoms with Crippen molar-refractivity contribution in [2.45, 2.75) is 60.0 Å². The predicted octanol–water partition coefficient (Wildman–Crippen LogP) is 5.14. The summed E-state index contributed by atoms with van der Waals surface area (Å²) in [6.45, 7) is 1.91. The van der Waals surface area contributed by atoms with E-state index in [0.717, 1.165) is 35.2 Å². The third kappa shape index (κ3) is 5.04. The van der Waals surface area contributed by atoms with E-state index in [1.165, 1.54) is 13.8 Å². The van der Waals surface area contributed by atoms with Crippen LogP contribution in [-0.4, -0.2) is 62.0 Å². The Morgan fingerprint density at radius 2 is 1.61 bits per heavy atom. The Morgan fingerprint density at radius 1 is 1.02 bits per heavy atom. The zero-order valence-electron chi connectivity index (χ0n) is 21.7. The van der Waals surface area contributed by atoms with Crippen molar-refractivity contribution in [1.29, 1.82) is 0 Å². The molecule has 1 aliphatic heterocycles. The van der Waals surface area contributed by atoms with E-state index in [1.807, 2.05) is 0 Å². The molecule has 6 nitrogen and oxygen atoms in total. The van der Waals surface area contributed by atoms with Crippen LogP contribution in [0.5, 0.6) is 0 Å². The van der Waals surface area contributed by atoms with Gasteiger partial charge in [-0.25, -0.2) is 22.0 Å². The number of carbonyl (C=O) groups excluding carboxylic acids is 1. The quantitative estimate of drug-likeness (QED) is 0.361. The molecule has 0 spiro atoms. The van der Waals surface area contributed by atoms with Crippen molar-refractivity contribution >= 4 is 15.9 Å².